The Kier molecular flexibility index (Phi) is 8.69. The Morgan fingerprint density at radius 1 is 0.929 bits per heavy atom. The van der Waals surface area contributed by atoms with Gasteiger partial charge in [-0.2, -0.15) is 0 Å². The van der Waals surface area contributed by atoms with Crippen LogP contribution in [0.5, 0.6) is 23.1 Å². The first-order chi connectivity index (χ1) is 12.9. The molecular weight excluding hydrogens is 407 g/mol. The molecule has 0 bridgehead atoms. The summed E-state index contributed by atoms with van der Waals surface area (Å²) >= 11 is 0. The summed E-state index contributed by atoms with van der Waals surface area (Å²) in [5.41, 5.74) is 0. The molecule has 0 saturated carbocycles. The van der Waals surface area contributed by atoms with E-state index >= 15 is 0 Å². The SMILES string of the molecule is Cl.Cl.c1cnc(N2CCNCC2)c(OCCOc2ccc3c(c2)OCCO3)n1. The van der Waals surface area contributed by atoms with Crippen LogP contribution in [0.25, 0.3) is 0 Å². The van der Waals surface area contributed by atoms with Crippen molar-refractivity contribution in [2.24, 2.45) is 0 Å². The molecule has 0 radical (unpaired) electrons. The fourth-order valence-electron chi connectivity index (χ4n) is 2.92. The molecule has 10 heteroatoms. The topological polar surface area (TPSA) is 78.0 Å². The van der Waals surface area contributed by atoms with Gasteiger partial charge in [-0.3, -0.25) is 0 Å². The quantitative estimate of drug-likeness (QED) is 0.696. The molecule has 0 amide bonds. The van der Waals surface area contributed by atoms with Crippen LogP contribution in [0.1, 0.15) is 0 Å². The average molecular weight is 431 g/mol. The van der Waals surface area contributed by atoms with E-state index in [9.17, 15) is 0 Å². The maximum absolute atomic E-state index is 5.81. The molecule has 28 heavy (non-hydrogen) atoms. The molecule has 2 aliphatic rings. The Morgan fingerprint density at radius 3 is 2.46 bits per heavy atom. The molecule has 3 heterocycles. The lowest BCUT2D eigenvalue weighted by Crippen LogP contribution is -2.44. The van der Waals surface area contributed by atoms with Crippen molar-refractivity contribution >= 4 is 30.6 Å². The van der Waals surface area contributed by atoms with Gasteiger partial charge in [-0.05, 0) is 12.1 Å². The molecule has 0 unspecified atom stereocenters. The summed E-state index contributed by atoms with van der Waals surface area (Å²) in [5, 5.41) is 3.33. The number of hydrogen-bond acceptors (Lipinski definition) is 8. The molecule has 2 aliphatic heterocycles. The molecule has 0 spiro atoms. The van der Waals surface area contributed by atoms with Crippen molar-refractivity contribution in [3.63, 3.8) is 0 Å². The van der Waals surface area contributed by atoms with Crippen LogP contribution >= 0.6 is 24.8 Å². The van der Waals surface area contributed by atoms with Gasteiger partial charge in [0.15, 0.2) is 17.3 Å². The van der Waals surface area contributed by atoms with Gasteiger partial charge in [0.25, 0.3) is 5.88 Å². The highest BCUT2D eigenvalue weighted by molar-refractivity contribution is 5.85. The molecule has 0 aliphatic carbocycles. The number of piperazine rings is 1. The summed E-state index contributed by atoms with van der Waals surface area (Å²) in [6.07, 6.45) is 3.33. The van der Waals surface area contributed by atoms with Crippen molar-refractivity contribution < 1.29 is 18.9 Å². The molecule has 1 N–H and O–H groups in total. The van der Waals surface area contributed by atoms with Gasteiger partial charge in [-0.15, -0.1) is 24.8 Å². The zero-order valence-corrected chi connectivity index (χ0v) is 17.0. The zero-order valence-electron chi connectivity index (χ0n) is 15.3. The van der Waals surface area contributed by atoms with Crippen molar-refractivity contribution in [3.05, 3.63) is 30.6 Å². The van der Waals surface area contributed by atoms with Gasteiger partial charge in [0.2, 0.25) is 0 Å². The normalized spacial score (nSPS) is 15.1. The second kappa shape index (κ2) is 11.0. The van der Waals surface area contributed by atoms with E-state index in [1.807, 2.05) is 18.2 Å². The highest BCUT2D eigenvalue weighted by Gasteiger charge is 2.17. The van der Waals surface area contributed by atoms with Crippen LogP contribution in [0.2, 0.25) is 0 Å². The number of nitrogens with zero attached hydrogens (tertiary/aromatic N) is 3. The summed E-state index contributed by atoms with van der Waals surface area (Å²) in [6.45, 7) is 5.57. The zero-order chi connectivity index (χ0) is 17.6. The third-order valence-electron chi connectivity index (χ3n) is 4.17. The number of halogens is 2. The first-order valence-corrected chi connectivity index (χ1v) is 8.82. The third kappa shape index (κ3) is 5.43. The van der Waals surface area contributed by atoms with Crippen LogP contribution in [-0.2, 0) is 0 Å². The minimum Gasteiger partial charge on any atom is -0.490 e. The van der Waals surface area contributed by atoms with Gasteiger partial charge in [-0.25, -0.2) is 9.97 Å². The second-order valence-electron chi connectivity index (χ2n) is 5.92. The van der Waals surface area contributed by atoms with Crippen molar-refractivity contribution in [2.75, 3.05) is 57.5 Å². The van der Waals surface area contributed by atoms with Gasteiger partial charge in [0.1, 0.15) is 32.2 Å². The number of hydrogen-bond donors (Lipinski definition) is 1. The smallest absolute Gasteiger partial charge is 0.257 e. The highest BCUT2D eigenvalue weighted by atomic mass is 35.5. The van der Waals surface area contributed by atoms with E-state index in [4.69, 9.17) is 18.9 Å². The lowest BCUT2D eigenvalue weighted by atomic mass is 10.3. The van der Waals surface area contributed by atoms with Gasteiger partial charge in [0, 0.05) is 44.6 Å². The van der Waals surface area contributed by atoms with E-state index in [0.717, 1.165) is 43.5 Å². The summed E-state index contributed by atoms with van der Waals surface area (Å²) in [7, 11) is 0. The van der Waals surface area contributed by atoms with Crippen LogP contribution in [-0.4, -0.2) is 62.6 Å². The van der Waals surface area contributed by atoms with Gasteiger partial charge in [-0.1, -0.05) is 0 Å². The van der Waals surface area contributed by atoms with Crippen molar-refractivity contribution in [2.45, 2.75) is 0 Å². The van der Waals surface area contributed by atoms with Gasteiger partial charge in [0.05, 0.1) is 0 Å². The fourth-order valence-corrected chi connectivity index (χ4v) is 2.92. The number of aromatic nitrogens is 2. The lowest BCUT2D eigenvalue weighted by Gasteiger charge is -2.28. The highest BCUT2D eigenvalue weighted by Crippen LogP contribution is 2.33. The van der Waals surface area contributed by atoms with Gasteiger partial charge >= 0.3 is 0 Å². The molecule has 1 aromatic carbocycles. The predicted octanol–water partition coefficient (Wildman–Crippen LogP) is 1.96. The average Bonchev–Trinajstić information content (AvgIpc) is 2.72. The monoisotopic (exact) mass is 430 g/mol. The van der Waals surface area contributed by atoms with Crippen LogP contribution in [0, 0.1) is 0 Å². The Bertz CT molecular complexity index is 747. The molecule has 8 nitrogen and oxygen atoms in total. The van der Waals surface area contributed by atoms with E-state index in [-0.39, 0.29) is 24.8 Å². The summed E-state index contributed by atoms with van der Waals surface area (Å²) in [4.78, 5) is 10.9. The van der Waals surface area contributed by atoms with Crippen molar-refractivity contribution in [1.29, 1.82) is 0 Å². The Hall–Kier alpha value is -2.16. The largest absolute Gasteiger partial charge is 0.490 e. The predicted molar refractivity (Wildman–Crippen MR) is 110 cm³/mol. The first-order valence-electron chi connectivity index (χ1n) is 8.82. The summed E-state index contributed by atoms with van der Waals surface area (Å²) < 4.78 is 22.6. The number of benzene rings is 1. The maximum Gasteiger partial charge on any atom is 0.257 e. The molecular formula is C18H24Cl2N4O4. The number of rotatable bonds is 6. The van der Waals surface area contributed by atoms with Crippen LogP contribution in [0.3, 0.4) is 0 Å². The Balaban J connectivity index is 0.00000140. The molecule has 4 rings (SSSR count). The van der Waals surface area contributed by atoms with E-state index in [2.05, 4.69) is 20.2 Å². The Labute approximate surface area is 176 Å². The minimum absolute atomic E-state index is 0. The summed E-state index contributed by atoms with van der Waals surface area (Å²) in [5.74, 6) is 3.51. The van der Waals surface area contributed by atoms with E-state index in [0.29, 0.717) is 38.1 Å². The number of nitrogens with one attached hydrogen (secondary N) is 1. The second-order valence-corrected chi connectivity index (χ2v) is 5.92. The number of anilines is 1. The van der Waals surface area contributed by atoms with Crippen molar-refractivity contribution in [1.82, 2.24) is 15.3 Å². The fraction of sp³-hybridized carbons (Fsp3) is 0.444. The molecule has 1 fully saturated rings. The molecule has 1 saturated heterocycles. The number of ether oxygens (including phenoxy) is 4. The molecule has 2 aromatic rings. The van der Waals surface area contributed by atoms with Crippen LogP contribution in [0.15, 0.2) is 30.6 Å². The molecule has 0 atom stereocenters. The number of fused-ring (bicyclic) bond motifs is 1. The van der Waals surface area contributed by atoms with Crippen molar-refractivity contribution in [3.8, 4) is 23.1 Å². The molecule has 1 aromatic heterocycles. The lowest BCUT2D eigenvalue weighted by molar-refractivity contribution is 0.169. The first kappa shape index (κ1) is 22.1. The van der Waals surface area contributed by atoms with Crippen LogP contribution < -0.4 is 29.2 Å². The van der Waals surface area contributed by atoms with Gasteiger partial charge < -0.3 is 29.2 Å². The Morgan fingerprint density at radius 2 is 1.64 bits per heavy atom. The maximum atomic E-state index is 5.81. The van der Waals surface area contributed by atoms with Crippen LogP contribution in [0.4, 0.5) is 5.82 Å². The van der Waals surface area contributed by atoms with E-state index in [1.54, 1.807) is 12.4 Å². The summed E-state index contributed by atoms with van der Waals surface area (Å²) in [6, 6.07) is 5.56. The minimum atomic E-state index is 0. The third-order valence-corrected chi connectivity index (χ3v) is 4.17. The molecule has 154 valence electrons. The standard InChI is InChI=1S/C18H22N4O4.2ClH/c1-2-15-16(25-11-10-24-15)13-14(1)23-9-12-26-18-17(20-3-4-21-18)22-7-5-19-6-8-22;;/h1-4,13,19H,5-12H2;2*1H. The van der Waals surface area contributed by atoms with E-state index < -0.39 is 0 Å². The van der Waals surface area contributed by atoms with E-state index in [1.165, 1.54) is 0 Å².